The van der Waals surface area contributed by atoms with Gasteiger partial charge in [0.15, 0.2) is 0 Å². The Morgan fingerprint density at radius 1 is 1.44 bits per heavy atom. The SMILES string of the molecule is CCNc1ccc(C(=O)OC(C)(C)C)cn1. The smallest absolute Gasteiger partial charge is 0.340 e. The van der Waals surface area contributed by atoms with Crippen LogP contribution in [0, 0.1) is 0 Å². The van der Waals surface area contributed by atoms with Crippen LogP contribution in [0.4, 0.5) is 5.82 Å². The number of hydrogen-bond acceptors (Lipinski definition) is 4. The average Bonchev–Trinajstić information content (AvgIpc) is 2.16. The summed E-state index contributed by atoms with van der Waals surface area (Å²) in [5, 5.41) is 3.06. The Bertz CT molecular complexity index is 352. The molecule has 4 nitrogen and oxygen atoms in total. The maximum Gasteiger partial charge on any atom is 0.340 e. The van der Waals surface area contributed by atoms with Crippen molar-refractivity contribution in [3.8, 4) is 0 Å². The van der Waals surface area contributed by atoms with E-state index in [2.05, 4.69) is 10.3 Å². The van der Waals surface area contributed by atoms with Gasteiger partial charge in [-0.2, -0.15) is 0 Å². The van der Waals surface area contributed by atoms with Crippen molar-refractivity contribution in [2.24, 2.45) is 0 Å². The molecule has 0 aliphatic carbocycles. The summed E-state index contributed by atoms with van der Waals surface area (Å²) in [5.41, 5.74) is -0.00572. The molecule has 16 heavy (non-hydrogen) atoms. The van der Waals surface area contributed by atoms with Gasteiger partial charge in [-0.25, -0.2) is 9.78 Å². The van der Waals surface area contributed by atoms with Crippen LogP contribution in [-0.4, -0.2) is 23.1 Å². The second-order valence-corrected chi connectivity index (χ2v) is 4.46. The fraction of sp³-hybridized carbons (Fsp3) is 0.500. The van der Waals surface area contributed by atoms with Gasteiger partial charge in [-0.15, -0.1) is 0 Å². The number of ether oxygens (including phenoxy) is 1. The summed E-state index contributed by atoms with van der Waals surface area (Å²) in [6.07, 6.45) is 1.52. The molecule has 0 atom stereocenters. The van der Waals surface area contributed by atoms with Gasteiger partial charge in [0.25, 0.3) is 0 Å². The van der Waals surface area contributed by atoms with Gasteiger partial charge in [0, 0.05) is 12.7 Å². The molecule has 0 fully saturated rings. The highest BCUT2D eigenvalue weighted by molar-refractivity contribution is 5.89. The van der Waals surface area contributed by atoms with E-state index in [4.69, 9.17) is 4.74 Å². The third kappa shape index (κ3) is 3.88. The number of carbonyl (C=O) groups is 1. The molecule has 0 amide bonds. The number of aromatic nitrogens is 1. The van der Waals surface area contributed by atoms with Gasteiger partial charge in [-0.3, -0.25) is 0 Å². The van der Waals surface area contributed by atoms with E-state index < -0.39 is 5.60 Å². The Morgan fingerprint density at radius 3 is 2.56 bits per heavy atom. The first-order valence-corrected chi connectivity index (χ1v) is 5.35. The van der Waals surface area contributed by atoms with Crippen molar-refractivity contribution >= 4 is 11.8 Å². The molecule has 0 bridgehead atoms. The van der Waals surface area contributed by atoms with Gasteiger partial charge in [0.1, 0.15) is 11.4 Å². The fourth-order valence-corrected chi connectivity index (χ4v) is 1.14. The molecular weight excluding hydrogens is 204 g/mol. The van der Waals surface area contributed by atoms with Gasteiger partial charge in [0.05, 0.1) is 5.56 Å². The minimum atomic E-state index is -0.475. The standard InChI is InChI=1S/C12H18N2O2/c1-5-13-10-7-6-9(8-14-10)11(15)16-12(2,3)4/h6-8H,5H2,1-4H3,(H,13,14). The number of hydrogen-bond donors (Lipinski definition) is 1. The van der Waals surface area contributed by atoms with E-state index in [1.807, 2.05) is 27.7 Å². The zero-order chi connectivity index (χ0) is 12.2. The molecule has 1 aromatic heterocycles. The Hall–Kier alpha value is -1.58. The highest BCUT2D eigenvalue weighted by atomic mass is 16.6. The lowest BCUT2D eigenvalue weighted by molar-refractivity contribution is 0.00691. The summed E-state index contributed by atoms with van der Waals surface area (Å²) >= 11 is 0. The first-order chi connectivity index (χ1) is 7.42. The van der Waals surface area contributed by atoms with Crippen molar-refractivity contribution in [1.82, 2.24) is 4.98 Å². The van der Waals surface area contributed by atoms with E-state index in [0.29, 0.717) is 5.56 Å². The molecule has 0 aliphatic heterocycles. The van der Waals surface area contributed by atoms with E-state index in [1.165, 1.54) is 6.20 Å². The molecule has 0 saturated heterocycles. The predicted octanol–water partition coefficient (Wildman–Crippen LogP) is 2.47. The van der Waals surface area contributed by atoms with Crippen LogP contribution in [-0.2, 0) is 4.74 Å². The monoisotopic (exact) mass is 222 g/mol. The number of esters is 1. The first-order valence-electron chi connectivity index (χ1n) is 5.35. The molecule has 0 aromatic carbocycles. The molecule has 0 unspecified atom stereocenters. The Morgan fingerprint density at radius 2 is 2.12 bits per heavy atom. The minimum Gasteiger partial charge on any atom is -0.456 e. The second-order valence-electron chi connectivity index (χ2n) is 4.46. The van der Waals surface area contributed by atoms with Gasteiger partial charge in [0.2, 0.25) is 0 Å². The zero-order valence-electron chi connectivity index (χ0n) is 10.2. The van der Waals surface area contributed by atoms with Crippen LogP contribution in [0.25, 0.3) is 0 Å². The van der Waals surface area contributed by atoms with Crippen LogP contribution in [0.15, 0.2) is 18.3 Å². The molecule has 1 aromatic rings. The summed E-state index contributed by atoms with van der Waals surface area (Å²) in [7, 11) is 0. The van der Waals surface area contributed by atoms with Crippen molar-refractivity contribution in [2.75, 3.05) is 11.9 Å². The molecular formula is C12H18N2O2. The van der Waals surface area contributed by atoms with E-state index >= 15 is 0 Å². The van der Waals surface area contributed by atoms with E-state index in [1.54, 1.807) is 12.1 Å². The molecule has 0 radical (unpaired) electrons. The highest BCUT2D eigenvalue weighted by Gasteiger charge is 2.17. The highest BCUT2D eigenvalue weighted by Crippen LogP contribution is 2.12. The molecule has 1 N–H and O–H groups in total. The van der Waals surface area contributed by atoms with Crippen molar-refractivity contribution in [3.05, 3.63) is 23.9 Å². The van der Waals surface area contributed by atoms with E-state index in [9.17, 15) is 4.79 Å². The number of rotatable bonds is 3. The predicted molar refractivity (Wildman–Crippen MR) is 63.6 cm³/mol. The van der Waals surface area contributed by atoms with Crippen LogP contribution >= 0.6 is 0 Å². The third-order valence-corrected chi connectivity index (χ3v) is 1.76. The lowest BCUT2D eigenvalue weighted by Crippen LogP contribution is -2.23. The second kappa shape index (κ2) is 4.96. The molecule has 1 rings (SSSR count). The Balaban J connectivity index is 2.70. The Kier molecular flexibility index (Phi) is 3.88. The van der Waals surface area contributed by atoms with Crippen LogP contribution in [0.3, 0.4) is 0 Å². The quantitative estimate of drug-likeness (QED) is 0.798. The van der Waals surface area contributed by atoms with E-state index in [-0.39, 0.29) is 5.97 Å². The maximum atomic E-state index is 11.6. The van der Waals surface area contributed by atoms with Crippen molar-refractivity contribution < 1.29 is 9.53 Å². The van der Waals surface area contributed by atoms with Gasteiger partial charge < -0.3 is 10.1 Å². The maximum absolute atomic E-state index is 11.6. The van der Waals surface area contributed by atoms with Crippen LogP contribution < -0.4 is 5.32 Å². The molecule has 4 heteroatoms. The molecule has 0 aliphatic rings. The largest absolute Gasteiger partial charge is 0.456 e. The Labute approximate surface area is 96.0 Å². The normalized spacial score (nSPS) is 11.0. The topological polar surface area (TPSA) is 51.2 Å². The summed E-state index contributed by atoms with van der Waals surface area (Å²) < 4.78 is 5.22. The summed E-state index contributed by atoms with van der Waals surface area (Å²) in [5.74, 6) is 0.415. The first kappa shape index (κ1) is 12.5. The number of nitrogens with one attached hydrogen (secondary N) is 1. The van der Waals surface area contributed by atoms with Crippen molar-refractivity contribution in [1.29, 1.82) is 0 Å². The summed E-state index contributed by atoms with van der Waals surface area (Å²) in [4.78, 5) is 15.8. The average molecular weight is 222 g/mol. The zero-order valence-corrected chi connectivity index (χ0v) is 10.2. The van der Waals surface area contributed by atoms with Crippen LogP contribution in [0.5, 0.6) is 0 Å². The minimum absolute atomic E-state index is 0.344. The number of nitrogens with zero attached hydrogens (tertiary/aromatic N) is 1. The lowest BCUT2D eigenvalue weighted by Gasteiger charge is -2.19. The summed E-state index contributed by atoms with van der Waals surface area (Å²) in [6, 6.07) is 3.47. The molecule has 1 heterocycles. The molecule has 88 valence electrons. The summed E-state index contributed by atoms with van der Waals surface area (Å²) in [6.45, 7) is 8.31. The third-order valence-electron chi connectivity index (χ3n) is 1.76. The number of anilines is 1. The van der Waals surface area contributed by atoms with E-state index in [0.717, 1.165) is 12.4 Å². The van der Waals surface area contributed by atoms with Gasteiger partial charge >= 0.3 is 5.97 Å². The lowest BCUT2D eigenvalue weighted by atomic mass is 10.2. The number of pyridine rings is 1. The molecule has 0 saturated carbocycles. The van der Waals surface area contributed by atoms with Crippen molar-refractivity contribution in [2.45, 2.75) is 33.3 Å². The van der Waals surface area contributed by atoms with Crippen LogP contribution in [0.1, 0.15) is 38.1 Å². The van der Waals surface area contributed by atoms with Crippen LogP contribution in [0.2, 0.25) is 0 Å². The molecule has 0 spiro atoms. The van der Waals surface area contributed by atoms with Gasteiger partial charge in [-0.1, -0.05) is 0 Å². The van der Waals surface area contributed by atoms with Crippen molar-refractivity contribution in [3.63, 3.8) is 0 Å². The van der Waals surface area contributed by atoms with Gasteiger partial charge in [-0.05, 0) is 39.8 Å². The number of carbonyl (C=O) groups excluding carboxylic acids is 1. The fourth-order valence-electron chi connectivity index (χ4n) is 1.14.